The molecule has 6 nitrogen and oxygen atoms in total. The van der Waals surface area contributed by atoms with Crippen LogP contribution in [0.25, 0.3) is 22.6 Å². The van der Waals surface area contributed by atoms with Crippen LogP contribution in [0.15, 0.2) is 52.9 Å². The lowest BCUT2D eigenvalue weighted by Gasteiger charge is -2.12. The van der Waals surface area contributed by atoms with Gasteiger partial charge in [-0.05, 0) is 49.7 Å². The van der Waals surface area contributed by atoms with Crippen molar-refractivity contribution in [3.63, 3.8) is 0 Å². The van der Waals surface area contributed by atoms with Crippen molar-refractivity contribution < 1.29 is 17.6 Å². The smallest absolute Gasteiger partial charge is 0.242 e. The van der Waals surface area contributed by atoms with E-state index in [0.717, 1.165) is 11.1 Å². The van der Waals surface area contributed by atoms with Crippen molar-refractivity contribution in [2.45, 2.75) is 25.5 Å². The summed E-state index contributed by atoms with van der Waals surface area (Å²) in [5, 5.41) is 1.56. The predicted molar refractivity (Wildman–Crippen MR) is 102 cm³/mol. The summed E-state index contributed by atoms with van der Waals surface area (Å²) < 4.78 is 29.7. The van der Waals surface area contributed by atoms with E-state index in [9.17, 15) is 13.2 Å². The molecule has 0 radical (unpaired) electrons. The number of nitrogens with zero attached hydrogens (tertiary/aromatic N) is 1. The van der Waals surface area contributed by atoms with Gasteiger partial charge >= 0.3 is 0 Å². The van der Waals surface area contributed by atoms with Gasteiger partial charge in [0, 0.05) is 11.3 Å². The molecule has 0 spiro atoms. The van der Waals surface area contributed by atoms with Gasteiger partial charge in [-0.15, -0.1) is 0 Å². The second kappa shape index (κ2) is 7.29. The van der Waals surface area contributed by atoms with Gasteiger partial charge in [0.15, 0.2) is 15.4 Å². The molecular weight excluding hydrogens is 352 g/mol. The topological polar surface area (TPSA) is 89.3 Å². The lowest BCUT2D eigenvalue weighted by Crippen LogP contribution is -2.34. The molecule has 0 saturated carbocycles. The van der Waals surface area contributed by atoms with Gasteiger partial charge in [0.05, 0.1) is 5.75 Å². The van der Waals surface area contributed by atoms with E-state index in [4.69, 9.17) is 4.42 Å². The molecule has 2 aromatic carbocycles. The normalized spacial score (nSPS) is 12.8. The molecule has 0 aliphatic rings. The third kappa shape index (κ3) is 3.77. The second-order valence-corrected chi connectivity index (χ2v) is 8.50. The van der Waals surface area contributed by atoms with Crippen LogP contribution in [0, 0.1) is 0 Å². The third-order valence-corrected chi connectivity index (χ3v) is 6.36. The maximum absolute atomic E-state index is 12.2. The van der Waals surface area contributed by atoms with Crippen LogP contribution in [0.1, 0.15) is 20.3 Å². The first-order valence-corrected chi connectivity index (χ1v) is 10.1. The van der Waals surface area contributed by atoms with Gasteiger partial charge in [-0.3, -0.25) is 4.79 Å². The lowest BCUT2D eigenvalue weighted by molar-refractivity contribution is -0.115. The molecule has 3 aromatic rings. The fourth-order valence-corrected chi connectivity index (χ4v) is 3.87. The molecule has 1 N–H and O–H groups in total. The standard InChI is InChI=1S/C19H20N2O4S/c1-3-12-26(23,24)13(2)18(22)20-15-10-8-14(9-11-15)19-21-16-6-4-5-7-17(16)25-19/h4-11,13H,3,12H2,1-2H3,(H,20,22)/t13-/m0/s1. The van der Waals surface area contributed by atoms with Crippen molar-refractivity contribution in [3.8, 4) is 11.5 Å². The number of sulfone groups is 1. The molecule has 0 unspecified atom stereocenters. The molecule has 3 rings (SSSR count). The Morgan fingerprint density at radius 3 is 2.50 bits per heavy atom. The lowest BCUT2D eigenvalue weighted by atomic mass is 10.2. The van der Waals surface area contributed by atoms with Crippen molar-refractivity contribution in [2.24, 2.45) is 0 Å². The van der Waals surface area contributed by atoms with Gasteiger partial charge in [0.2, 0.25) is 11.8 Å². The zero-order valence-electron chi connectivity index (χ0n) is 14.6. The van der Waals surface area contributed by atoms with Gasteiger partial charge in [0.1, 0.15) is 10.8 Å². The fraction of sp³-hybridized carbons (Fsp3) is 0.263. The molecule has 0 fully saturated rings. The number of hydrogen-bond donors (Lipinski definition) is 1. The Bertz CT molecular complexity index is 990. The molecular formula is C19H20N2O4S. The molecule has 7 heteroatoms. The maximum Gasteiger partial charge on any atom is 0.242 e. The summed E-state index contributed by atoms with van der Waals surface area (Å²) in [4.78, 5) is 16.6. The maximum atomic E-state index is 12.2. The summed E-state index contributed by atoms with van der Waals surface area (Å²) in [5.74, 6) is -0.0471. The van der Waals surface area contributed by atoms with Crippen LogP contribution in [0.2, 0.25) is 0 Å². The van der Waals surface area contributed by atoms with Crippen LogP contribution < -0.4 is 5.32 Å². The number of hydrogen-bond acceptors (Lipinski definition) is 5. The van der Waals surface area contributed by atoms with Crippen LogP contribution in [0.5, 0.6) is 0 Å². The number of fused-ring (bicyclic) bond motifs is 1. The number of nitrogens with one attached hydrogen (secondary N) is 1. The van der Waals surface area contributed by atoms with E-state index < -0.39 is 21.0 Å². The molecule has 1 atom stereocenters. The molecule has 136 valence electrons. The minimum absolute atomic E-state index is 0.00174. The monoisotopic (exact) mass is 372 g/mol. The fourth-order valence-electron chi connectivity index (χ4n) is 2.56. The first-order valence-electron chi connectivity index (χ1n) is 8.39. The minimum atomic E-state index is -3.43. The van der Waals surface area contributed by atoms with E-state index in [-0.39, 0.29) is 5.75 Å². The van der Waals surface area contributed by atoms with Crippen LogP contribution >= 0.6 is 0 Å². The van der Waals surface area contributed by atoms with Gasteiger partial charge in [-0.2, -0.15) is 0 Å². The Morgan fingerprint density at radius 1 is 1.15 bits per heavy atom. The van der Waals surface area contributed by atoms with E-state index in [1.165, 1.54) is 6.92 Å². The summed E-state index contributed by atoms with van der Waals surface area (Å²) >= 11 is 0. The minimum Gasteiger partial charge on any atom is -0.436 e. The van der Waals surface area contributed by atoms with E-state index in [1.807, 2.05) is 24.3 Å². The van der Waals surface area contributed by atoms with Crippen molar-refractivity contribution >= 4 is 32.5 Å². The highest BCUT2D eigenvalue weighted by Gasteiger charge is 2.27. The first-order chi connectivity index (χ1) is 12.4. The first kappa shape index (κ1) is 18.1. The van der Waals surface area contributed by atoms with Crippen molar-refractivity contribution in [3.05, 3.63) is 48.5 Å². The van der Waals surface area contributed by atoms with Gasteiger partial charge in [-0.1, -0.05) is 19.1 Å². The second-order valence-electron chi connectivity index (χ2n) is 6.06. The highest BCUT2D eigenvalue weighted by atomic mass is 32.2. The van der Waals surface area contributed by atoms with E-state index in [2.05, 4.69) is 10.3 Å². The van der Waals surface area contributed by atoms with Gasteiger partial charge < -0.3 is 9.73 Å². The molecule has 0 bridgehead atoms. The van der Waals surface area contributed by atoms with Crippen LogP contribution in [0.3, 0.4) is 0 Å². The van der Waals surface area contributed by atoms with E-state index in [0.29, 0.717) is 23.6 Å². The quantitative estimate of drug-likeness (QED) is 0.713. The third-order valence-electron chi connectivity index (χ3n) is 4.09. The van der Waals surface area contributed by atoms with Gasteiger partial charge in [0.25, 0.3) is 0 Å². The Kier molecular flexibility index (Phi) is 5.08. The van der Waals surface area contributed by atoms with Crippen molar-refractivity contribution in [1.29, 1.82) is 0 Å². The average Bonchev–Trinajstić information content (AvgIpc) is 3.05. The summed E-state index contributed by atoms with van der Waals surface area (Å²) in [6.45, 7) is 3.18. The molecule has 1 amide bonds. The number of oxazole rings is 1. The number of carbonyl (C=O) groups is 1. The number of anilines is 1. The molecule has 1 aromatic heterocycles. The molecule has 0 aliphatic carbocycles. The average molecular weight is 372 g/mol. The summed E-state index contributed by atoms with van der Waals surface area (Å²) in [6.07, 6.45) is 0.485. The Hall–Kier alpha value is -2.67. The molecule has 1 heterocycles. The number of carbonyl (C=O) groups excluding carboxylic acids is 1. The van der Waals surface area contributed by atoms with Gasteiger partial charge in [-0.25, -0.2) is 13.4 Å². The van der Waals surface area contributed by atoms with Crippen LogP contribution in [0.4, 0.5) is 5.69 Å². The van der Waals surface area contributed by atoms with Crippen LogP contribution in [-0.4, -0.2) is 30.3 Å². The predicted octanol–water partition coefficient (Wildman–Crippen LogP) is 3.65. The molecule has 0 aliphatic heterocycles. The summed E-state index contributed by atoms with van der Waals surface area (Å²) in [6, 6.07) is 14.4. The molecule has 0 saturated heterocycles. The number of para-hydroxylation sites is 2. The molecule has 26 heavy (non-hydrogen) atoms. The largest absolute Gasteiger partial charge is 0.436 e. The SMILES string of the molecule is CCCS(=O)(=O)[C@@H](C)C(=O)Nc1ccc(-c2nc3ccccc3o2)cc1. The number of rotatable bonds is 6. The number of aromatic nitrogens is 1. The van der Waals surface area contributed by atoms with E-state index in [1.54, 1.807) is 31.2 Å². The highest BCUT2D eigenvalue weighted by molar-refractivity contribution is 7.92. The summed E-state index contributed by atoms with van der Waals surface area (Å²) in [5.41, 5.74) is 2.77. The van der Waals surface area contributed by atoms with Crippen molar-refractivity contribution in [2.75, 3.05) is 11.1 Å². The van der Waals surface area contributed by atoms with Crippen molar-refractivity contribution in [1.82, 2.24) is 4.98 Å². The Labute approximate surface area is 152 Å². The Balaban J connectivity index is 1.74. The van der Waals surface area contributed by atoms with E-state index >= 15 is 0 Å². The highest BCUT2D eigenvalue weighted by Crippen LogP contribution is 2.25. The zero-order valence-corrected chi connectivity index (χ0v) is 15.4. The summed E-state index contributed by atoms with van der Waals surface area (Å²) in [7, 11) is -3.43. The number of benzene rings is 2. The number of amides is 1. The Morgan fingerprint density at radius 2 is 1.85 bits per heavy atom. The van der Waals surface area contributed by atoms with Crippen LogP contribution in [-0.2, 0) is 14.6 Å². The zero-order chi connectivity index (χ0) is 18.7.